The van der Waals surface area contributed by atoms with Crippen molar-refractivity contribution in [1.29, 1.82) is 0 Å². The van der Waals surface area contributed by atoms with Gasteiger partial charge >= 0.3 is 0 Å². The van der Waals surface area contributed by atoms with Crippen LogP contribution in [0.15, 0.2) is 88.0 Å². The number of carbonyl (C=O) groups excluding carboxylic acids is 2. The van der Waals surface area contributed by atoms with Crippen LogP contribution in [0.3, 0.4) is 0 Å². The van der Waals surface area contributed by atoms with Gasteiger partial charge in [-0.25, -0.2) is 4.99 Å². The second kappa shape index (κ2) is 11.1. The van der Waals surface area contributed by atoms with Crippen LogP contribution >= 0.6 is 0 Å². The molecule has 0 fully saturated rings. The van der Waals surface area contributed by atoms with Gasteiger partial charge < -0.3 is 20.1 Å². The van der Waals surface area contributed by atoms with Gasteiger partial charge in [-0.1, -0.05) is 66.4 Å². The van der Waals surface area contributed by atoms with Gasteiger partial charge in [-0.15, -0.1) is 5.11 Å². The lowest BCUT2D eigenvalue weighted by Crippen LogP contribution is -2.50. The molecule has 2 aliphatic heterocycles. The van der Waals surface area contributed by atoms with Gasteiger partial charge in [-0.05, 0) is 48.7 Å². The molecule has 0 aromatic heterocycles. The van der Waals surface area contributed by atoms with Crippen molar-refractivity contribution in [2.24, 2.45) is 15.2 Å². The molecule has 0 saturated carbocycles. The van der Waals surface area contributed by atoms with Gasteiger partial charge in [0.1, 0.15) is 24.0 Å². The van der Waals surface area contributed by atoms with Crippen LogP contribution in [0.25, 0.3) is 11.1 Å². The number of nitrogens with one attached hydrogen (secondary N) is 1. The number of carbonyl (C=O) groups is 2. The largest absolute Gasteiger partial charge is 0.489 e. The monoisotopic (exact) mass is 535 g/mol. The highest BCUT2D eigenvalue weighted by Gasteiger charge is 2.32. The Morgan fingerprint density at radius 2 is 1.82 bits per heavy atom. The van der Waals surface area contributed by atoms with E-state index in [1.165, 1.54) is 4.90 Å². The van der Waals surface area contributed by atoms with Crippen molar-refractivity contribution in [2.75, 3.05) is 18.6 Å². The molecule has 3 aromatic rings. The Hall–Kier alpha value is -4.81. The highest BCUT2D eigenvalue weighted by molar-refractivity contribution is 6.38. The third kappa shape index (κ3) is 6.25. The molecule has 2 aliphatic rings. The molecular weight excluding hydrogens is 506 g/mol. The number of benzene rings is 3. The fourth-order valence-corrected chi connectivity index (χ4v) is 4.31. The first-order valence-corrected chi connectivity index (χ1v) is 12.9. The van der Waals surface area contributed by atoms with E-state index in [1.54, 1.807) is 39.1 Å². The van der Waals surface area contributed by atoms with Crippen LogP contribution in [-0.4, -0.2) is 54.2 Å². The summed E-state index contributed by atoms with van der Waals surface area (Å²) in [5.41, 5.74) is 3.26. The number of hydrogen-bond donors (Lipinski definition) is 2. The molecule has 0 radical (unpaired) electrons. The van der Waals surface area contributed by atoms with Crippen molar-refractivity contribution in [3.05, 3.63) is 83.9 Å². The number of aliphatic imine (C=N–C) groups is 1. The number of rotatable bonds is 5. The maximum absolute atomic E-state index is 13.2. The third-order valence-corrected chi connectivity index (χ3v) is 6.41. The zero-order valence-corrected chi connectivity index (χ0v) is 22.5. The highest BCUT2D eigenvalue weighted by Crippen LogP contribution is 2.31. The summed E-state index contributed by atoms with van der Waals surface area (Å²) in [6.07, 6.45) is -0.0165. The molecule has 5 rings (SSSR count). The Balaban J connectivity index is 1.22. The second-order valence-electron chi connectivity index (χ2n) is 10.1. The summed E-state index contributed by atoms with van der Waals surface area (Å²) < 4.78 is 5.84. The molecule has 2 N–H and O–H groups in total. The molecule has 1 unspecified atom stereocenters. The molecule has 3 aromatic carbocycles. The molecule has 0 bridgehead atoms. The molecule has 0 saturated heterocycles. The smallest absolute Gasteiger partial charge is 0.291 e. The number of amidine groups is 1. The van der Waals surface area contributed by atoms with Crippen LogP contribution in [0.4, 0.5) is 5.69 Å². The number of ether oxygens (including phenoxy) is 1. The Kier molecular flexibility index (Phi) is 7.45. The first kappa shape index (κ1) is 26.8. The van der Waals surface area contributed by atoms with Gasteiger partial charge in [0.05, 0.1) is 5.69 Å². The number of nitrogens with zero attached hydrogens (tertiary/aromatic N) is 4. The lowest BCUT2D eigenvalue weighted by molar-refractivity contribution is -0.124. The number of anilines is 1. The number of aliphatic hydroxyl groups is 1. The van der Waals surface area contributed by atoms with Crippen molar-refractivity contribution in [3.63, 3.8) is 0 Å². The molecule has 2 amide bonds. The summed E-state index contributed by atoms with van der Waals surface area (Å²) in [4.78, 5) is 31.9. The van der Waals surface area contributed by atoms with E-state index in [1.807, 2.05) is 42.5 Å². The fourth-order valence-electron chi connectivity index (χ4n) is 4.31. The van der Waals surface area contributed by atoms with Crippen LogP contribution in [-0.2, 0) is 16.0 Å². The fraction of sp³-hybridized carbons (Fsp3) is 0.258. The zero-order chi connectivity index (χ0) is 28.3. The Labute approximate surface area is 232 Å². The summed E-state index contributed by atoms with van der Waals surface area (Å²) in [5.74, 6) is 5.11. The number of fused-ring (bicyclic) bond motifs is 1. The van der Waals surface area contributed by atoms with E-state index in [-0.39, 0.29) is 18.3 Å². The van der Waals surface area contributed by atoms with Crippen molar-refractivity contribution >= 4 is 23.3 Å². The van der Waals surface area contributed by atoms with Gasteiger partial charge in [-0.2, -0.15) is 5.11 Å². The molecule has 0 aliphatic carbocycles. The summed E-state index contributed by atoms with van der Waals surface area (Å²) in [5, 5.41) is 20.7. The molecule has 2 heterocycles. The van der Waals surface area contributed by atoms with Gasteiger partial charge in [0.15, 0.2) is 6.17 Å². The third-order valence-electron chi connectivity index (χ3n) is 6.41. The van der Waals surface area contributed by atoms with Crippen LogP contribution in [0.1, 0.15) is 25.0 Å². The normalized spacial score (nSPS) is 18.1. The molecular formula is C31H29N5O4. The average molecular weight is 536 g/mol. The van der Waals surface area contributed by atoms with Crippen LogP contribution in [0.5, 0.6) is 5.75 Å². The summed E-state index contributed by atoms with van der Waals surface area (Å²) >= 11 is 0. The Morgan fingerprint density at radius 1 is 1.10 bits per heavy atom. The van der Waals surface area contributed by atoms with E-state index < -0.39 is 23.7 Å². The van der Waals surface area contributed by atoms with E-state index in [2.05, 4.69) is 44.5 Å². The van der Waals surface area contributed by atoms with Gasteiger partial charge in [0, 0.05) is 19.0 Å². The second-order valence-corrected chi connectivity index (χ2v) is 10.1. The predicted molar refractivity (Wildman–Crippen MR) is 152 cm³/mol. The highest BCUT2D eigenvalue weighted by atomic mass is 16.5. The van der Waals surface area contributed by atoms with Crippen LogP contribution < -0.4 is 15.0 Å². The molecule has 40 heavy (non-hydrogen) atoms. The molecule has 2 atom stereocenters. The SMILES string of the molecule is CN1C(=O)[C@@H](NC(=O)C2=NC(Cc3ccc(-c4ccccc4)cc3)N=N2)COc2ccc(C#CC(C)(C)O)cc21. The number of amides is 2. The Bertz CT molecular complexity index is 1550. The molecule has 9 heteroatoms. The topological polar surface area (TPSA) is 116 Å². The minimum atomic E-state index is -1.15. The molecule has 0 spiro atoms. The first-order chi connectivity index (χ1) is 19.2. The van der Waals surface area contributed by atoms with Crippen LogP contribution in [0, 0.1) is 11.8 Å². The average Bonchev–Trinajstić information content (AvgIpc) is 3.38. The number of azo groups is 1. The van der Waals surface area contributed by atoms with Crippen molar-refractivity contribution in [1.82, 2.24) is 5.32 Å². The van der Waals surface area contributed by atoms with Gasteiger partial charge in [0.2, 0.25) is 5.84 Å². The van der Waals surface area contributed by atoms with Crippen LogP contribution in [0.2, 0.25) is 0 Å². The first-order valence-electron chi connectivity index (χ1n) is 12.9. The maximum atomic E-state index is 13.2. The summed E-state index contributed by atoms with van der Waals surface area (Å²) in [6.45, 7) is 3.13. The minimum Gasteiger partial charge on any atom is -0.489 e. The molecule has 9 nitrogen and oxygen atoms in total. The van der Waals surface area contributed by atoms with Gasteiger partial charge in [-0.3, -0.25) is 9.59 Å². The zero-order valence-electron chi connectivity index (χ0n) is 22.5. The lowest BCUT2D eigenvalue weighted by atomic mass is 10.0. The summed E-state index contributed by atoms with van der Waals surface area (Å²) in [7, 11) is 1.61. The van der Waals surface area contributed by atoms with E-state index in [0.29, 0.717) is 23.4 Å². The lowest BCUT2D eigenvalue weighted by Gasteiger charge is -2.20. The minimum absolute atomic E-state index is 0.0573. The van der Waals surface area contributed by atoms with E-state index in [0.717, 1.165) is 16.7 Å². The standard InChI is InChI=1S/C31H29N5O4/c1-31(2,39)16-15-21-11-14-26-25(17-21)36(3)30(38)24(19-40-26)32-29(37)28-33-27(34-35-28)18-20-9-12-23(13-10-20)22-7-5-4-6-8-22/h4-14,17,24,27,39H,18-19H2,1-3H3,(H,32,37)/t24-,27?/m0/s1. The van der Waals surface area contributed by atoms with Gasteiger partial charge in [0.25, 0.3) is 11.8 Å². The molecule has 202 valence electrons. The quantitative estimate of drug-likeness (QED) is 0.484. The van der Waals surface area contributed by atoms with Crippen molar-refractivity contribution < 1.29 is 19.4 Å². The number of hydrogen-bond acceptors (Lipinski definition) is 7. The van der Waals surface area contributed by atoms with E-state index >= 15 is 0 Å². The summed E-state index contributed by atoms with van der Waals surface area (Å²) in [6, 6.07) is 22.4. The maximum Gasteiger partial charge on any atom is 0.291 e. The Morgan fingerprint density at radius 3 is 2.55 bits per heavy atom. The number of likely N-dealkylation sites (N-methyl/N-ethyl adjacent to an activating group) is 1. The van der Waals surface area contributed by atoms with E-state index in [9.17, 15) is 14.7 Å². The van der Waals surface area contributed by atoms with E-state index in [4.69, 9.17) is 4.74 Å². The van der Waals surface area contributed by atoms with Crippen molar-refractivity contribution in [3.8, 4) is 28.7 Å². The van der Waals surface area contributed by atoms with Crippen molar-refractivity contribution in [2.45, 2.75) is 38.1 Å². The predicted octanol–water partition coefficient (Wildman–Crippen LogP) is 3.75.